The van der Waals surface area contributed by atoms with Crippen molar-refractivity contribution in [3.63, 3.8) is 0 Å². The average Bonchev–Trinajstić information content (AvgIpc) is 2.83. The molecule has 84 valence electrons. The third-order valence-corrected chi connectivity index (χ3v) is 3.53. The lowest BCUT2D eigenvalue weighted by Gasteiger charge is -2.04. The molecule has 0 aliphatic heterocycles. The summed E-state index contributed by atoms with van der Waals surface area (Å²) in [7, 11) is -2.00. The number of hydrogen-bond acceptors (Lipinski definition) is 4. The van der Waals surface area contributed by atoms with Crippen LogP contribution in [-0.2, 0) is 10.0 Å². The first kappa shape index (κ1) is 10.8. The van der Waals surface area contributed by atoms with E-state index in [1.807, 2.05) is 0 Å². The molecule has 0 aliphatic rings. The minimum absolute atomic E-state index is 0.221. The molecule has 0 unspecified atom stereocenters. The smallest absolute Gasteiger partial charge is 0.223 e. The summed E-state index contributed by atoms with van der Waals surface area (Å²) < 4.78 is 26.7. The normalized spacial score (nSPS) is 11.6. The third-order valence-electron chi connectivity index (χ3n) is 2.10. The molecule has 0 radical (unpaired) electrons. The molecule has 6 nitrogen and oxygen atoms in total. The molecule has 2 aromatic rings. The molecule has 0 atom stereocenters. The van der Waals surface area contributed by atoms with Crippen molar-refractivity contribution in [3.8, 4) is 5.69 Å². The van der Waals surface area contributed by atoms with Gasteiger partial charge < -0.3 is 0 Å². The average molecular weight is 238 g/mol. The Balaban J connectivity index is 2.38. The van der Waals surface area contributed by atoms with Gasteiger partial charge in [0, 0.05) is 0 Å². The number of sulfonamides is 1. The van der Waals surface area contributed by atoms with Gasteiger partial charge in [-0.3, -0.25) is 0 Å². The molecule has 2 rings (SSSR count). The largest absolute Gasteiger partial charge is 0.240 e. The van der Waals surface area contributed by atoms with Crippen molar-refractivity contribution >= 4 is 10.0 Å². The van der Waals surface area contributed by atoms with Crippen molar-refractivity contribution in [1.29, 1.82) is 0 Å². The van der Waals surface area contributed by atoms with Crippen LogP contribution in [0.1, 0.15) is 0 Å². The monoisotopic (exact) mass is 238 g/mol. The van der Waals surface area contributed by atoms with Crippen molar-refractivity contribution < 1.29 is 8.42 Å². The number of aromatic nitrogens is 3. The van der Waals surface area contributed by atoms with Gasteiger partial charge in [-0.1, -0.05) is 0 Å². The van der Waals surface area contributed by atoms with E-state index in [0.717, 1.165) is 5.69 Å². The molecule has 1 N–H and O–H groups in total. The lowest BCUT2D eigenvalue weighted by molar-refractivity contribution is 0.588. The summed E-state index contributed by atoms with van der Waals surface area (Å²) >= 11 is 0. The second kappa shape index (κ2) is 4.03. The fourth-order valence-corrected chi connectivity index (χ4v) is 1.97. The molecule has 0 bridgehead atoms. The van der Waals surface area contributed by atoms with E-state index in [4.69, 9.17) is 0 Å². The molecule has 0 spiro atoms. The minimum atomic E-state index is -3.38. The molecule has 16 heavy (non-hydrogen) atoms. The van der Waals surface area contributed by atoms with E-state index in [0.29, 0.717) is 0 Å². The lowest BCUT2D eigenvalue weighted by Crippen LogP contribution is -2.18. The zero-order valence-electron chi connectivity index (χ0n) is 8.53. The fourth-order valence-electron chi connectivity index (χ4n) is 1.24. The van der Waals surface area contributed by atoms with Crippen LogP contribution < -0.4 is 4.72 Å². The molecule has 0 fully saturated rings. The summed E-state index contributed by atoms with van der Waals surface area (Å²) in [5.74, 6) is 0. The maximum Gasteiger partial charge on any atom is 0.240 e. The lowest BCUT2D eigenvalue weighted by atomic mass is 10.3. The Bertz CT molecular complexity index is 560. The Morgan fingerprint density at radius 1 is 1.25 bits per heavy atom. The minimum Gasteiger partial charge on any atom is -0.223 e. The van der Waals surface area contributed by atoms with E-state index < -0.39 is 10.0 Å². The predicted octanol–water partition coefficient (Wildman–Crippen LogP) is 0.175. The highest BCUT2D eigenvalue weighted by Gasteiger charge is 2.10. The molecule has 1 aromatic heterocycles. The highest BCUT2D eigenvalue weighted by atomic mass is 32.2. The summed E-state index contributed by atoms with van der Waals surface area (Å²) in [6.07, 6.45) is 2.96. The highest BCUT2D eigenvalue weighted by Crippen LogP contribution is 2.12. The first-order valence-electron chi connectivity index (χ1n) is 4.52. The van der Waals surface area contributed by atoms with E-state index in [1.54, 1.807) is 23.1 Å². The van der Waals surface area contributed by atoms with Gasteiger partial charge in [0.1, 0.15) is 12.7 Å². The van der Waals surface area contributed by atoms with Gasteiger partial charge in [0.15, 0.2) is 0 Å². The topological polar surface area (TPSA) is 76.9 Å². The quantitative estimate of drug-likeness (QED) is 0.827. The van der Waals surface area contributed by atoms with E-state index in [1.165, 1.54) is 25.5 Å². The van der Waals surface area contributed by atoms with Crippen LogP contribution in [0, 0.1) is 0 Å². The van der Waals surface area contributed by atoms with Gasteiger partial charge in [0.25, 0.3) is 0 Å². The Morgan fingerprint density at radius 3 is 2.44 bits per heavy atom. The van der Waals surface area contributed by atoms with Gasteiger partial charge in [0.05, 0.1) is 10.6 Å². The van der Waals surface area contributed by atoms with Crippen LogP contribution in [0.5, 0.6) is 0 Å². The van der Waals surface area contributed by atoms with Crippen molar-refractivity contribution in [2.24, 2.45) is 0 Å². The molecule has 0 aliphatic carbocycles. The van der Waals surface area contributed by atoms with Gasteiger partial charge in [-0.25, -0.2) is 22.8 Å². The Morgan fingerprint density at radius 2 is 1.94 bits per heavy atom. The molecule has 1 aromatic carbocycles. The van der Waals surface area contributed by atoms with Crippen molar-refractivity contribution in [1.82, 2.24) is 19.5 Å². The molecular weight excluding hydrogens is 228 g/mol. The fraction of sp³-hybridized carbons (Fsp3) is 0.111. The van der Waals surface area contributed by atoms with E-state index >= 15 is 0 Å². The number of benzene rings is 1. The zero-order chi connectivity index (χ0) is 11.6. The summed E-state index contributed by atoms with van der Waals surface area (Å²) in [5, 5.41) is 3.94. The predicted molar refractivity (Wildman–Crippen MR) is 57.6 cm³/mol. The van der Waals surface area contributed by atoms with Gasteiger partial charge in [0.2, 0.25) is 10.0 Å². The van der Waals surface area contributed by atoms with Crippen LogP contribution in [0.15, 0.2) is 41.8 Å². The SMILES string of the molecule is CNS(=O)(=O)c1ccc(-n2cncn2)cc1. The first-order chi connectivity index (χ1) is 7.63. The second-order valence-corrected chi connectivity index (χ2v) is 4.93. The van der Waals surface area contributed by atoms with E-state index in [9.17, 15) is 8.42 Å². The number of nitrogens with one attached hydrogen (secondary N) is 1. The van der Waals surface area contributed by atoms with Crippen LogP contribution in [-0.4, -0.2) is 30.2 Å². The number of nitrogens with zero attached hydrogens (tertiary/aromatic N) is 3. The van der Waals surface area contributed by atoms with Gasteiger partial charge in [-0.15, -0.1) is 0 Å². The van der Waals surface area contributed by atoms with E-state index in [2.05, 4.69) is 14.8 Å². The molecule has 0 saturated heterocycles. The first-order valence-corrected chi connectivity index (χ1v) is 6.00. The second-order valence-electron chi connectivity index (χ2n) is 3.04. The Labute approximate surface area is 93.0 Å². The third kappa shape index (κ3) is 1.95. The summed E-state index contributed by atoms with van der Waals surface area (Å²) in [6.45, 7) is 0. The molecular formula is C9H10N4O2S. The summed E-state index contributed by atoms with van der Waals surface area (Å²) in [5.41, 5.74) is 0.757. The summed E-state index contributed by atoms with van der Waals surface area (Å²) in [6, 6.07) is 6.36. The molecule has 1 heterocycles. The standard InChI is InChI=1S/C9H10N4O2S/c1-10-16(14,15)9-4-2-8(3-5-9)13-7-11-6-12-13/h2-7,10H,1H3. The van der Waals surface area contributed by atoms with Gasteiger partial charge in [-0.2, -0.15) is 5.10 Å². The Kier molecular flexibility index (Phi) is 2.71. The molecule has 0 amide bonds. The van der Waals surface area contributed by atoms with Gasteiger partial charge in [-0.05, 0) is 31.3 Å². The maximum atomic E-state index is 11.5. The number of rotatable bonds is 3. The van der Waals surface area contributed by atoms with Crippen LogP contribution in [0.4, 0.5) is 0 Å². The maximum absolute atomic E-state index is 11.5. The Hall–Kier alpha value is -1.73. The van der Waals surface area contributed by atoms with Crippen LogP contribution >= 0.6 is 0 Å². The summed E-state index contributed by atoms with van der Waals surface area (Å²) in [4.78, 5) is 4.03. The van der Waals surface area contributed by atoms with E-state index in [-0.39, 0.29) is 4.90 Å². The highest BCUT2D eigenvalue weighted by molar-refractivity contribution is 7.89. The van der Waals surface area contributed by atoms with Gasteiger partial charge >= 0.3 is 0 Å². The molecule has 0 saturated carbocycles. The van der Waals surface area contributed by atoms with Crippen molar-refractivity contribution in [2.45, 2.75) is 4.90 Å². The van der Waals surface area contributed by atoms with Crippen molar-refractivity contribution in [2.75, 3.05) is 7.05 Å². The van der Waals surface area contributed by atoms with Crippen LogP contribution in [0.2, 0.25) is 0 Å². The van der Waals surface area contributed by atoms with Crippen LogP contribution in [0.25, 0.3) is 5.69 Å². The van der Waals surface area contributed by atoms with Crippen molar-refractivity contribution in [3.05, 3.63) is 36.9 Å². The zero-order valence-corrected chi connectivity index (χ0v) is 9.35. The molecule has 7 heteroatoms. The van der Waals surface area contributed by atoms with Crippen LogP contribution in [0.3, 0.4) is 0 Å². The number of hydrogen-bond donors (Lipinski definition) is 1.